The van der Waals surface area contributed by atoms with E-state index in [9.17, 15) is 8.42 Å². The van der Waals surface area contributed by atoms with Crippen molar-refractivity contribution in [2.24, 2.45) is 0 Å². The Kier molecular flexibility index (Phi) is 2.91. The molecule has 0 aromatic heterocycles. The lowest BCUT2D eigenvalue weighted by molar-refractivity contribution is 0.248. The summed E-state index contributed by atoms with van der Waals surface area (Å²) in [5, 5.41) is 0. The highest BCUT2D eigenvalue weighted by atomic mass is 32.2. The van der Waals surface area contributed by atoms with Crippen LogP contribution in [0.4, 0.5) is 5.69 Å². The molecular weight excluding hydrogens is 236 g/mol. The Morgan fingerprint density at radius 3 is 2.41 bits per heavy atom. The van der Waals surface area contributed by atoms with Crippen LogP contribution in [0.25, 0.3) is 0 Å². The molecule has 1 aromatic carbocycles. The van der Waals surface area contributed by atoms with Crippen molar-refractivity contribution in [1.29, 1.82) is 0 Å². The smallest absolute Gasteiger partial charge is 0.241 e. The number of hydrogen-bond acceptors (Lipinski definition) is 3. The van der Waals surface area contributed by atoms with Crippen LogP contribution in [0.1, 0.15) is 31.7 Å². The van der Waals surface area contributed by atoms with E-state index in [2.05, 4.69) is 4.72 Å². The maximum atomic E-state index is 12.2. The maximum absolute atomic E-state index is 12.2. The van der Waals surface area contributed by atoms with Crippen molar-refractivity contribution in [2.75, 3.05) is 5.73 Å². The minimum absolute atomic E-state index is 0.253. The molecular formula is C12H18N2O2S. The number of nitrogens with two attached hydrogens (primary N) is 1. The number of sulfonamides is 1. The Balaban J connectivity index is 2.31. The van der Waals surface area contributed by atoms with E-state index in [-0.39, 0.29) is 10.4 Å². The Morgan fingerprint density at radius 1 is 1.29 bits per heavy atom. The van der Waals surface area contributed by atoms with Gasteiger partial charge in [-0.3, -0.25) is 0 Å². The summed E-state index contributed by atoms with van der Waals surface area (Å²) in [5.41, 5.74) is 6.72. The topological polar surface area (TPSA) is 72.2 Å². The normalized spacial score (nSPS) is 18.7. The first-order valence-electron chi connectivity index (χ1n) is 5.72. The van der Waals surface area contributed by atoms with Crippen LogP contribution in [0.3, 0.4) is 0 Å². The molecule has 1 fully saturated rings. The number of nitrogens with one attached hydrogen (secondary N) is 1. The van der Waals surface area contributed by atoms with E-state index in [4.69, 9.17) is 5.73 Å². The maximum Gasteiger partial charge on any atom is 0.241 e. The van der Waals surface area contributed by atoms with Crippen LogP contribution in [-0.2, 0) is 10.0 Å². The van der Waals surface area contributed by atoms with E-state index >= 15 is 0 Å². The summed E-state index contributed by atoms with van der Waals surface area (Å²) in [7, 11) is -3.45. The van der Waals surface area contributed by atoms with Crippen molar-refractivity contribution >= 4 is 15.7 Å². The Hall–Kier alpha value is -1.07. The van der Waals surface area contributed by atoms with E-state index in [1.54, 1.807) is 12.1 Å². The van der Waals surface area contributed by atoms with Gasteiger partial charge in [0.15, 0.2) is 0 Å². The highest BCUT2D eigenvalue weighted by Crippen LogP contribution is 2.32. The summed E-state index contributed by atoms with van der Waals surface area (Å²) in [6.45, 7) is 3.77. The molecule has 2 rings (SSSR count). The predicted molar refractivity (Wildman–Crippen MR) is 68.2 cm³/mol. The number of aryl methyl sites for hydroxylation is 1. The SMILES string of the molecule is Cc1cc(N)cc(S(=O)(=O)NC2(C)CCC2)c1. The molecule has 1 aliphatic carbocycles. The fourth-order valence-electron chi connectivity index (χ4n) is 2.12. The summed E-state index contributed by atoms with van der Waals surface area (Å²) in [6, 6.07) is 4.89. The second-order valence-electron chi connectivity index (χ2n) is 5.10. The van der Waals surface area contributed by atoms with Gasteiger partial charge in [-0.05, 0) is 56.9 Å². The molecule has 0 spiro atoms. The molecule has 0 saturated heterocycles. The molecule has 94 valence electrons. The van der Waals surface area contributed by atoms with Crippen molar-refractivity contribution in [3.05, 3.63) is 23.8 Å². The van der Waals surface area contributed by atoms with Crippen LogP contribution >= 0.6 is 0 Å². The van der Waals surface area contributed by atoms with Crippen LogP contribution in [0, 0.1) is 6.92 Å². The quantitative estimate of drug-likeness (QED) is 0.808. The molecule has 0 aliphatic heterocycles. The zero-order valence-electron chi connectivity index (χ0n) is 10.2. The second kappa shape index (κ2) is 3.99. The largest absolute Gasteiger partial charge is 0.399 e. The molecule has 0 unspecified atom stereocenters. The zero-order chi connectivity index (χ0) is 12.7. The van der Waals surface area contributed by atoms with E-state index < -0.39 is 10.0 Å². The van der Waals surface area contributed by atoms with Gasteiger partial charge >= 0.3 is 0 Å². The van der Waals surface area contributed by atoms with Crippen molar-refractivity contribution in [1.82, 2.24) is 4.72 Å². The molecule has 3 N–H and O–H groups in total. The number of anilines is 1. The van der Waals surface area contributed by atoms with Gasteiger partial charge in [-0.25, -0.2) is 13.1 Å². The lowest BCUT2D eigenvalue weighted by Gasteiger charge is -2.38. The minimum Gasteiger partial charge on any atom is -0.399 e. The number of benzene rings is 1. The van der Waals surface area contributed by atoms with Crippen molar-refractivity contribution < 1.29 is 8.42 Å². The molecule has 0 radical (unpaired) electrons. The van der Waals surface area contributed by atoms with Gasteiger partial charge in [0.2, 0.25) is 10.0 Å². The zero-order valence-corrected chi connectivity index (χ0v) is 11.0. The standard InChI is InChI=1S/C12H18N2O2S/c1-9-6-10(13)8-11(7-9)17(15,16)14-12(2)4-3-5-12/h6-8,14H,3-5,13H2,1-2H3. The third-order valence-electron chi connectivity index (χ3n) is 3.22. The fourth-order valence-corrected chi connectivity index (χ4v) is 3.73. The summed E-state index contributed by atoms with van der Waals surface area (Å²) in [4.78, 5) is 0.253. The van der Waals surface area contributed by atoms with Gasteiger partial charge in [0, 0.05) is 11.2 Å². The van der Waals surface area contributed by atoms with E-state index in [1.165, 1.54) is 6.07 Å². The van der Waals surface area contributed by atoms with Gasteiger partial charge in [0.1, 0.15) is 0 Å². The molecule has 0 amide bonds. The third-order valence-corrected chi connectivity index (χ3v) is 4.84. The summed E-state index contributed by atoms with van der Waals surface area (Å²) in [5.74, 6) is 0. The van der Waals surface area contributed by atoms with Crippen LogP contribution in [0.5, 0.6) is 0 Å². The molecule has 0 heterocycles. The highest BCUT2D eigenvalue weighted by Gasteiger charge is 2.36. The van der Waals surface area contributed by atoms with Crippen molar-refractivity contribution in [3.8, 4) is 0 Å². The molecule has 0 bridgehead atoms. The van der Waals surface area contributed by atoms with Crippen LogP contribution in [0.15, 0.2) is 23.1 Å². The van der Waals surface area contributed by atoms with Crippen molar-refractivity contribution in [3.63, 3.8) is 0 Å². The Labute approximate surface area is 102 Å². The number of nitrogen functional groups attached to an aromatic ring is 1. The van der Waals surface area contributed by atoms with E-state index in [0.29, 0.717) is 5.69 Å². The first-order chi connectivity index (χ1) is 7.81. The van der Waals surface area contributed by atoms with Crippen LogP contribution in [-0.4, -0.2) is 14.0 Å². The first kappa shape index (κ1) is 12.4. The first-order valence-corrected chi connectivity index (χ1v) is 7.20. The summed E-state index contributed by atoms with van der Waals surface area (Å²) >= 11 is 0. The van der Waals surface area contributed by atoms with Gasteiger partial charge in [0.25, 0.3) is 0 Å². The monoisotopic (exact) mass is 254 g/mol. The third kappa shape index (κ3) is 2.61. The van der Waals surface area contributed by atoms with Gasteiger partial charge in [-0.2, -0.15) is 0 Å². The molecule has 5 heteroatoms. The van der Waals surface area contributed by atoms with Crippen LogP contribution < -0.4 is 10.5 Å². The molecule has 4 nitrogen and oxygen atoms in total. The Morgan fingerprint density at radius 2 is 1.94 bits per heavy atom. The highest BCUT2D eigenvalue weighted by molar-refractivity contribution is 7.89. The van der Waals surface area contributed by atoms with E-state index in [0.717, 1.165) is 24.8 Å². The van der Waals surface area contributed by atoms with Crippen LogP contribution in [0.2, 0.25) is 0 Å². The van der Waals surface area contributed by atoms with E-state index in [1.807, 2.05) is 13.8 Å². The molecule has 1 aliphatic rings. The van der Waals surface area contributed by atoms with Crippen molar-refractivity contribution in [2.45, 2.75) is 43.5 Å². The molecule has 1 saturated carbocycles. The average molecular weight is 254 g/mol. The fraction of sp³-hybridized carbons (Fsp3) is 0.500. The summed E-state index contributed by atoms with van der Waals surface area (Å²) in [6.07, 6.45) is 2.87. The average Bonchev–Trinajstić information content (AvgIpc) is 2.13. The summed E-state index contributed by atoms with van der Waals surface area (Å²) < 4.78 is 27.1. The predicted octanol–water partition coefficient (Wildman–Crippen LogP) is 1.80. The van der Waals surface area contributed by atoms with Gasteiger partial charge in [-0.15, -0.1) is 0 Å². The minimum atomic E-state index is -3.45. The Bertz CT molecular complexity index is 513. The number of hydrogen-bond donors (Lipinski definition) is 2. The van der Waals surface area contributed by atoms with Gasteiger partial charge in [0.05, 0.1) is 4.90 Å². The second-order valence-corrected chi connectivity index (χ2v) is 6.78. The number of rotatable bonds is 3. The molecule has 0 atom stereocenters. The molecule has 1 aromatic rings. The van der Waals surface area contributed by atoms with Gasteiger partial charge < -0.3 is 5.73 Å². The van der Waals surface area contributed by atoms with Gasteiger partial charge in [-0.1, -0.05) is 0 Å². The lowest BCUT2D eigenvalue weighted by Crippen LogP contribution is -2.50. The lowest BCUT2D eigenvalue weighted by atomic mass is 9.80. The molecule has 17 heavy (non-hydrogen) atoms.